The maximum absolute atomic E-state index is 13.7. The van der Waals surface area contributed by atoms with Crippen molar-refractivity contribution < 1.29 is 9.13 Å². The molecule has 110 valence electrons. The zero-order valence-corrected chi connectivity index (χ0v) is 12.5. The Morgan fingerprint density at radius 2 is 1.95 bits per heavy atom. The lowest BCUT2D eigenvalue weighted by Gasteiger charge is -2.37. The molecule has 0 aromatic heterocycles. The molecule has 0 spiro atoms. The van der Waals surface area contributed by atoms with Crippen LogP contribution in [0.2, 0.25) is 5.02 Å². The number of halogens is 2. The second kappa shape index (κ2) is 5.94. The van der Waals surface area contributed by atoms with Crippen LogP contribution < -0.4 is 10.1 Å². The number of ether oxygens (including phenoxy) is 1. The normalized spacial score (nSPS) is 20.7. The first-order valence-corrected chi connectivity index (χ1v) is 7.39. The van der Waals surface area contributed by atoms with Crippen molar-refractivity contribution in [3.05, 3.63) is 58.9 Å². The van der Waals surface area contributed by atoms with Crippen LogP contribution in [0.1, 0.15) is 24.3 Å². The van der Waals surface area contributed by atoms with Crippen molar-refractivity contribution >= 4 is 17.3 Å². The quantitative estimate of drug-likeness (QED) is 0.872. The molecule has 1 aliphatic carbocycles. The lowest BCUT2D eigenvalue weighted by atomic mass is 9.75. The molecular weight excluding hydrogens is 289 g/mol. The molecule has 0 amide bonds. The summed E-state index contributed by atoms with van der Waals surface area (Å²) in [5, 5.41) is 4.04. The first-order valence-electron chi connectivity index (χ1n) is 7.02. The van der Waals surface area contributed by atoms with Crippen molar-refractivity contribution in [1.82, 2.24) is 0 Å². The van der Waals surface area contributed by atoms with Gasteiger partial charge in [0.2, 0.25) is 0 Å². The van der Waals surface area contributed by atoms with E-state index in [0.717, 1.165) is 24.1 Å². The van der Waals surface area contributed by atoms with Gasteiger partial charge in [-0.1, -0.05) is 29.8 Å². The molecule has 1 fully saturated rings. The highest BCUT2D eigenvalue weighted by Gasteiger charge is 2.31. The van der Waals surface area contributed by atoms with Gasteiger partial charge < -0.3 is 10.1 Å². The first kappa shape index (κ1) is 14.2. The van der Waals surface area contributed by atoms with E-state index in [4.69, 9.17) is 16.3 Å². The topological polar surface area (TPSA) is 21.3 Å². The summed E-state index contributed by atoms with van der Waals surface area (Å²) in [6.07, 6.45) is 1.87. The van der Waals surface area contributed by atoms with Crippen LogP contribution in [0.4, 0.5) is 10.1 Å². The number of hydrogen-bond donors (Lipinski definition) is 1. The van der Waals surface area contributed by atoms with Crippen molar-refractivity contribution in [2.75, 3.05) is 12.4 Å². The third-order valence-corrected chi connectivity index (χ3v) is 4.32. The molecule has 2 nitrogen and oxygen atoms in total. The minimum Gasteiger partial charge on any atom is -0.495 e. The number of nitrogens with one attached hydrogen (secondary N) is 1. The van der Waals surface area contributed by atoms with E-state index in [-0.39, 0.29) is 5.82 Å². The monoisotopic (exact) mass is 305 g/mol. The van der Waals surface area contributed by atoms with Gasteiger partial charge in [-0.3, -0.25) is 0 Å². The molecule has 0 aliphatic heterocycles. The highest BCUT2D eigenvalue weighted by Crippen LogP contribution is 2.40. The fourth-order valence-electron chi connectivity index (χ4n) is 2.78. The molecule has 0 radical (unpaired) electrons. The van der Waals surface area contributed by atoms with E-state index in [9.17, 15) is 4.39 Å². The second-order valence-corrected chi connectivity index (χ2v) is 5.79. The molecule has 2 aromatic carbocycles. The number of benzene rings is 2. The van der Waals surface area contributed by atoms with Gasteiger partial charge in [-0.2, -0.15) is 0 Å². The summed E-state index contributed by atoms with van der Waals surface area (Å²) in [5.41, 5.74) is 1.80. The summed E-state index contributed by atoms with van der Waals surface area (Å²) in [6, 6.07) is 13.0. The van der Waals surface area contributed by atoms with Crippen LogP contribution in [0, 0.1) is 5.82 Å². The van der Waals surface area contributed by atoms with E-state index in [0.29, 0.717) is 22.7 Å². The standard InChI is InChI=1S/C17H17ClFNO/c1-21-17-10-12(6-7-15(17)18)20-13-8-11(9-13)14-4-2-3-5-16(14)19/h2-7,10-11,13,20H,8-9H2,1H3. The van der Waals surface area contributed by atoms with E-state index in [1.807, 2.05) is 30.3 Å². The Labute approximate surface area is 128 Å². The Bertz CT molecular complexity index is 640. The van der Waals surface area contributed by atoms with E-state index >= 15 is 0 Å². The van der Waals surface area contributed by atoms with E-state index in [2.05, 4.69) is 5.32 Å². The van der Waals surface area contributed by atoms with Gasteiger partial charge in [-0.15, -0.1) is 0 Å². The van der Waals surface area contributed by atoms with Crippen LogP contribution in [0.3, 0.4) is 0 Å². The average molecular weight is 306 g/mol. The molecule has 0 heterocycles. The van der Waals surface area contributed by atoms with Gasteiger partial charge >= 0.3 is 0 Å². The van der Waals surface area contributed by atoms with E-state index in [1.165, 1.54) is 6.07 Å². The van der Waals surface area contributed by atoms with Crippen LogP contribution in [0.25, 0.3) is 0 Å². The van der Waals surface area contributed by atoms with Crippen LogP contribution in [0.15, 0.2) is 42.5 Å². The van der Waals surface area contributed by atoms with Crippen LogP contribution >= 0.6 is 11.6 Å². The van der Waals surface area contributed by atoms with E-state index < -0.39 is 0 Å². The summed E-state index contributed by atoms with van der Waals surface area (Å²) in [6.45, 7) is 0. The molecule has 21 heavy (non-hydrogen) atoms. The molecule has 1 saturated carbocycles. The fraction of sp³-hybridized carbons (Fsp3) is 0.294. The lowest BCUT2D eigenvalue weighted by molar-refractivity contribution is 0.363. The number of anilines is 1. The zero-order chi connectivity index (χ0) is 14.8. The summed E-state index contributed by atoms with van der Waals surface area (Å²) < 4.78 is 18.9. The summed E-state index contributed by atoms with van der Waals surface area (Å²) >= 11 is 6.01. The van der Waals surface area contributed by atoms with Crippen molar-refractivity contribution in [3.8, 4) is 5.75 Å². The summed E-state index contributed by atoms with van der Waals surface area (Å²) in [7, 11) is 1.60. The SMILES string of the molecule is COc1cc(NC2CC(c3ccccc3F)C2)ccc1Cl. The van der Waals surface area contributed by atoms with Gasteiger partial charge in [0.15, 0.2) is 0 Å². The maximum Gasteiger partial charge on any atom is 0.139 e. The molecule has 1 aliphatic rings. The Balaban J connectivity index is 1.61. The predicted octanol–water partition coefficient (Wildman–Crippen LogP) is 4.85. The summed E-state index contributed by atoms with van der Waals surface area (Å²) in [4.78, 5) is 0. The van der Waals surface area contributed by atoms with Crippen molar-refractivity contribution in [3.63, 3.8) is 0 Å². The Hall–Kier alpha value is -1.74. The molecule has 1 N–H and O–H groups in total. The number of methoxy groups -OCH3 is 1. The highest BCUT2D eigenvalue weighted by molar-refractivity contribution is 6.32. The first-order chi connectivity index (χ1) is 10.2. The zero-order valence-electron chi connectivity index (χ0n) is 11.8. The van der Waals surface area contributed by atoms with Crippen molar-refractivity contribution in [1.29, 1.82) is 0 Å². The molecule has 3 rings (SSSR count). The average Bonchev–Trinajstić information content (AvgIpc) is 2.45. The molecular formula is C17H17ClFNO. The Kier molecular flexibility index (Phi) is 4.02. The smallest absolute Gasteiger partial charge is 0.139 e. The third kappa shape index (κ3) is 2.98. The van der Waals surface area contributed by atoms with Gasteiger partial charge in [-0.25, -0.2) is 4.39 Å². The van der Waals surface area contributed by atoms with Gasteiger partial charge in [0.05, 0.1) is 12.1 Å². The van der Waals surface area contributed by atoms with Gasteiger partial charge in [-0.05, 0) is 42.5 Å². The molecule has 0 saturated heterocycles. The molecule has 0 unspecified atom stereocenters. The molecule has 2 aromatic rings. The van der Waals surface area contributed by atoms with Crippen LogP contribution in [-0.2, 0) is 0 Å². The Morgan fingerprint density at radius 3 is 2.67 bits per heavy atom. The molecule has 4 heteroatoms. The summed E-state index contributed by atoms with van der Waals surface area (Å²) in [5.74, 6) is 0.860. The lowest BCUT2D eigenvalue weighted by Crippen LogP contribution is -2.34. The molecule has 0 atom stereocenters. The van der Waals surface area contributed by atoms with Crippen molar-refractivity contribution in [2.24, 2.45) is 0 Å². The van der Waals surface area contributed by atoms with Gasteiger partial charge in [0.25, 0.3) is 0 Å². The minimum atomic E-state index is -0.103. The number of rotatable bonds is 4. The Morgan fingerprint density at radius 1 is 1.19 bits per heavy atom. The highest BCUT2D eigenvalue weighted by atomic mass is 35.5. The second-order valence-electron chi connectivity index (χ2n) is 5.38. The van der Waals surface area contributed by atoms with Crippen molar-refractivity contribution in [2.45, 2.75) is 24.8 Å². The molecule has 0 bridgehead atoms. The number of hydrogen-bond acceptors (Lipinski definition) is 2. The van der Waals surface area contributed by atoms with Crippen LogP contribution in [0.5, 0.6) is 5.75 Å². The van der Waals surface area contributed by atoms with Gasteiger partial charge in [0, 0.05) is 17.8 Å². The fourth-order valence-corrected chi connectivity index (χ4v) is 2.98. The van der Waals surface area contributed by atoms with Gasteiger partial charge in [0.1, 0.15) is 11.6 Å². The predicted molar refractivity (Wildman–Crippen MR) is 83.8 cm³/mol. The minimum absolute atomic E-state index is 0.103. The van der Waals surface area contributed by atoms with Crippen LogP contribution in [-0.4, -0.2) is 13.2 Å². The third-order valence-electron chi connectivity index (χ3n) is 4.01. The maximum atomic E-state index is 13.7. The largest absolute Gasteiger partial charge is 0.495 e. The van der Waals surface area contributed by atoms with E-state index in [1.54, 1.807) is 13.2 Å².